The molecule has 0 radical (unpaired) electrons. The number of nitrogens with one attached hydrogen (secondary N) is 1. The van der Waals surface area contributed by atoms with Gasteiger partial charge in [0.05, 0.1) is 24.8 Å². The number of hydrogen-bond donors (Lipinski definition) is 1. The van der Waals surface area contributed by atoms with E-state index in [0.717, 1.165) is 51.4 Å². The zero-order valence-corrected chi connectivity index (χ0v) is 18.8. The SMILES string of the molecule is COc1ccc(CNc2nc(C)c(-c3ccn(CCc4cccs4)n3)s2)cc1OC. The van der Waals surface area contributed by atoms with E-state index in [1.54, 1.807) is 36.9 Å². The minimum absolute atomic E-state index is 0.655. The average Bonchev–Trinajstić information content (AvgIpc) is 3.51. The summed E-state index contributed by atoms with van der Waals surface area (Å²) in [5, 5.41) is 11.1. The van der Waals surface area contributed by atoms with E-state index in [2.05, 4.69) is 33.9 Å². The molecule has 0 bridgehead atoms. The topological polar surface area (TPSA) is 61.2 Å². The second kappa shape index (κ2) is 9.32. The summed E-state index contributed by atoms with van der Waals surface area (Å²) in [5.74, 6) is 1.45. The molecule has 0 saturated carbocycles. The third kappa shape index (κ3) is 4.66. The van der Waals surface area contributed by atoms with Gasteiger partial charge in [-0.15, -0.1) is 11.3 Å². The van der Waals surface area contributed by atoms with Gasteiger partial charge >= 0.3 is 0 Å². The van der Waals surface area contributed by atoms with E-state index in [-0.39, 0.29) is 0 Å². The highest BCUT2D eigenvalue weighted by atomic mass is 32.1. The second-order valence-electron chi connectivity index (χ2n) is 6.77. The largest absolute Gasteiger partial charge is 0.493 e. The zero-order chi connectivity index (χ0) is 20.9. The van der Waals surface area contributed by atoms with Gasteiger partial charge in [-0.1, -0.05) is 23.5 Å². The fourth-order valence-electron chi connectivity index (χ4n) is 3.16. The molecule has 1 N–H and O–H groups in total. The van der Waals surface area contributed by atoms with Gasteiger partial charge in [0.2, 0.25) is 0 Å². The van der Waals surface area contributed by atoms with Gasteiger partial charge in [0.1, 0.15) is 5.69 Å². The van der Waals surface area contributed by atoms with Crippen LogP contribution in [0.25, 0.3) is 10.6 Å². The third-order valence-corrected chi connectivity index (χ3v) is 6.80. The van der Waals surface area contributed by atoms with Crippen LogP contribution < -0.4 is 14.8 Å². The Hall–Kier alpha value is -2.84. The summed E-state index contributed by atoms with van der Waals surface area (Å²) in [4.78, 5) is 7.15. The van der Waals surface area contributed by atoms with Crippen LogP contribution in [-0.2, 0) is 19.5 Å². The molecule has 0 fully saturated rings. The molecule has 4 rings (SSSR count). The Morgan fingerprint density at radius 1 is 1.10 bits per heavy atom. The van der Waals surface area contributed by atoms with Crippen molar-refractivity contribution in [1.82, 2.24) is 14.8 Å². The van der Waals surface area contributed by atoms with Crippen molar-refractivity contribution in [3.05, 3.63) is 64.1 Å². The molecule has 156 valence electrons. The fraction of sp³-hybridized carbons (Fsp3) is 0.273. The van der Waals surface area contributed by atoms with Gasteiger partial charge in [0, 0.05) is 30.6 Å². The van der Waals surface area contributed by atoms with Crippen molar-refractivity contribution in [2.75, 3.05) is 19.5 Å². The van der Waals surface area contributed by atoms with Crippen molar-refractivity contribution in [2.24, 2.45) is 0 Å². The first-order valence-electron chi connectivity index (χ1n) is 9.64. The smallest absolute Gasteiger partial charge is 0.183 e. The molecule has 8 heteroatoms. The molecule has 1 aromatic carbocycles. The highest BCUT2D eigenvalue weighted by molar-refractivity contribution is 7.19. The van der Waals surface area contributed by atoms with E-state index in [0.29, 0.717) is 6.54 Å². The predicted octanol–water partition coefficient (Wildman–Crippen LogP) is 5.25. The number of methoxy groups -OCH3 is 2. The van der Waals surface area contributed by atoms with Crippen LogP contribution >= 0.6 is 22.7 Å². The molecule has 0 amide bonds. The molecule has 3 heterocycles. The van der Waals surface area contributed by atoms with Gasteiger partial charge < -0.3 is 14.8 Å². The van der Waals surface area contributed by atoms with Crippen LogP contribution in [0.15, 0.2) is 48.0 Å². The second-order valence-corrected chi connectivity index (χ2v) is 8.80. The van der Waals surface area contributed by atoms with Gasteiger partial charge in [0.15, 0.2) is 16.6 Å². The molecule has 0 unspecified atom stereocenters. The molecule has 0 atom stereocenters. The summed E-state index contributed by atoms with van der Waals surface area (Å²) < 4.78 is 12.7. The molecule has 0 aliphatic carbocycles. The lowest BCUT2D eigenvalue weighted by Gasteiger charge is -2.09. The number of aryl methyl sites for hydroxylation is 3. The Bertz CT molecular complexity index is 1100. The summed E-state index contributed by atoms with van der Waals surface area (Å²) in [6.07, 6.45) is 3.04. The highest BCUT2D eigenvalue weighted by Crippen LogP contribution is 2.32. The van der Waals surface area contributed by atoms with Crippen molar-refractivity contribution in [3.8, 4) is 22.1 Å². The third-order valence-electron chi connectivity index (χ3n) is 4.73. The summed E-state index contributed by atoms with van der Waals surface area (Å²) in [6.45, 7) is 3.56. The Morgan fingerprint density at radius 3 is 2.73 bits per heavy atom. The van der Waals surface area contributed by atoms with E-state index in [9.17, 15) is 0 Å². The van der Waals surface area contributed by atoms with Crippen LogP contribution in [0.3, 0.4) is 0 Å². The Morgan fingerprint density at radius 2 is 1.97 bits per heavy atom. The van der Waals surface area contributed by atoms with Crippen LogP contribution in [0, 0.1) is 6.92 Å². The fourth-order valence-corrected chi connectivity index (χ4v) is 4.79. The minimum atomic E-state index is 0.655. The molecule has 4 aromatic rings. The van der Waals surface area contributed by atoms with E-state index >= 15 is 0 Å². The lowest BCUT2D eigenvalue weighted by atomic mass is 10.2. The molecule has 3 aromatic heterocycles. The molecular weight excluding hydrogens is 416 g/mol. The molecule has 0 aliphatic heterocycles. The number of thiophene rings is 1. The summed E-state index contributed by atoms with van der Waals surface area (Å²) in [6, 6.07) is 12.2. The van der Waals surface area contributed by atoms with Crippen molar-refractivity contribution < 1.29 is 9.47 Å². The maximum Gasteiger partial charge on any atom is 0.183 e. The number of benzene rings is 1. The number of hydrogen-bond acceptors (Lipinski definition) is 7. The van der Waals surface area contributed by atoms with Gasteiger partial charge in [-0.05, 0) is 42.1 Å². The highest BCUT2D eigenvalue weighted by Gasteiger charge is 2.13. The monoisotopic (exact) mass is 440 g/mol. The summed E-state index contributed by atoms with van der Waals surface area (Å²) in [5.41, 5.74) is 3.05. The van der Waals surface area contributed by atoms with Crippen molar-refractivity contribution in [1.29, 1.82) is 0 Å². The Labute approximate surface area is 184 Å². The van der Waals surface area contributed by atoms with Gasteiger partial charge in [0.25, 0.3) is 0 Å². The van der Waals surface area contributed by atoms with Crippen molar-refractivity contribution in [2.45, 2.75) is 26.4 Å². The first kappa shape index (κ1) is 20.4. The van der Waals surface area contributed by atoms with Crippen molar-refractivity contribution in [3.63, 3.8) is 0 Å². The number of rotatable bonds is 9. The summed E-state index contributed by atoms with van der Waals surface area (Å²) in [7, 11) is 3.28. The Balaban J connectivity index is 1.41. The number of nitrogens with zero attached hydrogens (tertiary/aromatic N) is 3. The Kier molecular flexibility index (Phi) is 6.35. The molecule has 0 aliphatic rings. The van der Waals surface area contributed by atoms with E-state index in [1.807, 2.05) is 36.0 Å². The van der Waals surface area contributed by atoms with Crippen molar-refractivity contribution >= 4 is 27.8 Å². The molecule has 0 saturated heterocycles. The summed E-state index contributed by atoms with van der Waals surface area (Å²) >= 11 is 3.41. The standard InChI is InChI=1S/C22H24N4O2S2/c1-15-21(18-9-11-26(25-18)10-8-17-5-4-12-29-17)30-22(24-15)23-14-16-6-7-19(27-2)20(13-16)28-3/h4-7,9,11-13H,8,10,14H2,1-3H3,(H,23,24). The quantitative estimate of drug-likeness (QED) is 0.385. The number of aromatic nitrogens is 3. The van der Waals surface area contributed by atoms with E-state index in [4.69, 9.17) is 14.6 Å². The average molecular weight is 441 g/mol. The molecule has 0 spiro atoms. The van der Waals surface area contributed by atoms with Gasteiger partial charge in [-0.3, -0.25) is 4.68 Å². The maximum atomic E-state index is 5.38. The van der Waals surface area contributed by atoms with Crippen LogP contribution in [0.1, 0.15) is 16.1 Å². The first-order chi connectivity index (χ1) is 14.7. The van der Waals surface area contributed by atoms with Crippen LogP contribution in [0.4, 0.5) is 5.13 Å². The number of ether oxygens (including phenoxy) is 2. The van der Waals surface area contributed by atoms with E-state index in [1.165, 1.54) is 4.88 Å². The lowest BCUT2D eigenvalue weighted by Crippen LogP contribution is -2.00. The normalized spacial score (nSPS) is 10.9. The minimum Gasteiger partial charge on any atom is -0.493 e. The van der Waals surface area contributed by atoms with Crippen LogP contribution in [0.2, 0.25) is 0 Å². The molecule has 30 heavy (non-hydrogen) atoms. The predicted molar refractivity (Wildman–Crippen MR) is 123 cm³/mol. The number of thiazole rings is 1. The van der Waals surface area contributed by atoms with Gasteiger partial charge in [-0.25, -0.2) is 4.98 Å². The molecule has 6 nitrogen and oxygen atoms in total. The zero-order valence-electron chi connectivity index (χ0n) is 17.2. The maximum absolute atomic E-state index is 5.38. The lowest BCUT2D eigenvalue weighted by molar-refractivity contribution is 0.354. The first-order valence-corrected chi connectivity index (χ1v) is 11.3. The molecular formula is C22H24N4O2S2. The van der Waals surface area contributed by atoms with Crippen LogP contribution in [-0.4, -0.2) is 29.0 Å². The van der Waals surface area contributed by atoms with Crippen LogP contribution in [0.5, 0.6) is 11.5 Å². The van der Waals surface area contributed by atoms with E-state index < -0.39 is 0 Å². The van der Waals surface area contributed by atoms with Gasteiger partial charge in [-0.2, -0.15) is 5.10 Å². The number of anilines is 1.